The molecule has 0 saturated carbocycles. The summed E-state index contributed by atoms with van der Waals surface area (Å²) in [4.78, 5) is 7.15. The standard InChI is InChI=1S/C20H24N4O/c1-16-5-4-8-20-22-18(15-24(16)20)13-21-19-7-3-2-6-17(19)14-23-9-11-25-12-10-23/h2-8,15,21H,9-14H2,1H3. The highest BCUT2D eigenvalue weighted by atomic mass is 16.5. The summed E-state index contributed by atoms with van der Waals surface area (Å²) in [5, 5.41) is 3.57. The first-order valence-electron chi connectivity index (χ1n) is 8.85. The molecular formula is C20H24N4O. The fourth-order valence-corrected chi connectivity index (χ4v) is 3.30. The van der Waals surface area contributed by atoms with Crippen molar-refractivity contribution in [2.75, 3.05) is 31.6 Å². The number of aromatic nitrogens is 2. The molecule has 0 amide bonds. The van der Waals surface area contributed by atoms with Crippen LogP contribution < -0.4 is 5.32 Å². The van der Waals surface area contributed by atoms with Crippen LogP contribution in [0.25, 0.3) is 5.65 Å². The maximum Gasteiger partial charge on any atom is 0.137 e. The lowest BCUT2D eigenvalue weighted by atomic mass is 10.1. The van der Waals surface area contributed by atoms with Gasteiger partial charge in [-0.25, -0.2) is 4.98 Å². The number of anilines is 1. The Morgan fingerprint density at radius 2 is 1.92 bits per heavy atom. The van der Waals surface area contributed by atoms with Gasteiger partial charge in [0.05, 0.1) is 25.5 Å². The molecule has 3 heterocycles. The van der Waals surface area contributed by atoms with Crippen LogP contribution in [0.1, 0.15) is 17.0 Å². The highest BCUT2D eigenvalue weighted by Crippen LogP contribution is 2.19. The quantitative estimate of drug-likeness (QED) is 0.777. The topological polar surface area (TPSA) is 41.8 Å². The third kappa shape index (κ3) is 3.67. The average molecular weight is 336 g/mol. The Hall–Kier alpha value is -2.37. The zero-order valence-corrected chi connectivity index (χ0v) is 14.6. The van der Waals surface area contributed by atoms with E-state index in [1.54, 1.807) is 0 Å². The average Bonchev–Trinajstić information content (AvgIpc) is 3.06. The molecule has 0 bridgehead atoms. The van der Waals surface area contributed by atoms with E-state index in [-0.39, 0.29) is 0 Å². The van der Waals surface area contributed by atoms with Gasteiger partial charge in [-0.2, -0.15) is 0 Å². The summed E-state index contributed by atoms with van der Waals surface area (Å²) in [6.07, 6.45) is 2.11. The van der Waals surface area contributed by atoms with Crippen molar-refractivity contribution < 1.29 is 4.74 Å². The van der Waals surface area contributed by atoms with Crippen molar-refractivity contribution in [3.63, 3.8) is 0 Å². The van der Waals surface area contributed by atoms with Crippen molar-refractivity contribution in [2.24, 2.45) is 0 Å². The Labute approximate surface area is 148 Å². The Morgan fingerprint density at radius 3 is 2.76 bits per heavy atom. The van der Waals surface area contributed by atoms with Crippen LogP contribution in [-0.4, -0.2) is 40.6 Å². The van der Waals surface area contributed by atoms with Crippen molar-refractivity contribution in [1.29, 1.82) is 0 Å². The van der Waals surface area contributed by atoms with Crippen molar-refractivity contribution in [3.8, 4) is 0 Å². The largest absolute Gasteiger partial charge is 0.379 e. The van der Waals surface area contributed by atoms with E-state index in [9.17, 15) is 0 Å². The second-order valence-corrected chi connectivity index (χ2v) is 6.53. The molecule has 1 N–H and O–H groups in total. The van der Waals surface area contributed by atoms with E-state index in [4.69, 9.17) is 9.72 Å². The normalized spacial score (nSPS) is 15.6. The van der Waals surface area contributed by atoms with Gasteiger partial charge in [0.2, 0.25) is 0 Å². The molecule has 1 aliphatic rings. The van der Waals surface area contributed by atoms with Gasteiger partial charge in [-0.1, -0.05) is 24.3 Å². The first-order chi connectivity index (χ1) is 12.3. The number of benzene rings is 1. The summed E-state index contributed by atoms with van der Waals surface area (Å²) in [6, 6.07) is 14.7. The second kappa shape index (κ2) is 7.25. The molecule has 1 fully saturated rings. The number of hydrogen-bond acceptors (Lipinski definition) is 4. The number of imidazole rings is 1. The molecule has 1 aromatic carbocycles. The first-order valence-corrected chi connectivity index (χ1v) is 8.85. The van der Waals surface area contributed by atoms with Gasteiger partial charge in [0, 0.05) is 37.2 Å². The lowest BCUT2D eigenvalue weighted by Gasteiger charge is -2.27. The highest BCUT2D eigenvalue weighted by Gasteiger charge is 2.13. The molecule has 0 spiro atoms. The smallest absolute Gasteiger partial charge is 0.137 e. The van der Waals surface area contributed by atoms with E-state index in [1.165, 1.54) is 16.9 Å². The SMILES string of the molecule is Cc1cccc2nc(CNc3ccccc3CN3CCOCC3)cn12. The number of aryl methyl sites for hydroxylation is 1. The summed E-state index contributed by atoms with van der Waals surface area (Å²) >= 11 is 0. The minimum Gasteiger partial charge on any atom is -0.379 e. The Kier molecular flexibility index (Phi) is 4.68. The van der Waals surface area contributed by atoms with Crippen LogP contribution in [0.15, 0.2) is 48.7 Å². The minimum absolute atomic E-state index is 0.723. The summed E-state index contributed by atoms with van der Waals surface area (Å²) in [5.41, 5.74) is 5.75. The van der Waals surface area contributed by atoms with Gasteiger partial charge in [-0.3, -0.25) is 4.90 Å². The minimum atomic E-state index is 0.723. The zero-order chi connectivity index (χ0) is 17.1. The number of hydrogen-bond donors (Lipinski definition) is 1. The Morgan fingerprint density at radius 1 is 1.08 bits per heavy atom. The molecule has 1 saturated heterocycles. The number of nitrogens with zero attached hydrogens (tertiary/aromatic N) is 3. The van der Waals surface area contributed by atoms with Crippen LogP contribution in [0.2, 0.25) is 0 Å². The molecule has 5 nitrogen and oxygen atoms in total. The summed E-state index contributed by atoms with van der Waals surface area (Å²) < 4.78 is 7.58. The number of fused-ring (bicyclic) bond motifs is 1. The lowest BCUT2D eigenvalue weighted by molar-refractivity contribution is 0.0342. The van der Waals surface area contributed by atoms with Crippen LogP contribution in [0.5, 0.6) is 0 Å². The van der Waals surface area contributed by atoms with Gasteiger partial charge < -0.3 is 14.5 Å². The molecule has 0 radical (unpaired) electrons. The molecule has 25 heavy (non-hydrogen) atoms. The molecule has 0 atom stereocenters. The molecular weight excluding hydrogens is 312 g/mol. The predicted octanol–water partition coefficient (Wildman–Crippen LogP) is 3.09. The van der Waals surface area contributed by atoms with Crippen LogP contribution in [0.3, 0.4) is 0 Å². The number of nitrogens with one attached hydrogen (secondary N) is 1. The van der Waals surface area contributed by atoms with Crippen molar-refractivity contribution in [1.82, 2.24) is 14.3 Å². The molecule has 3 aromatic rings. The molecule has 0 aliphatic carbocycles. The molecule has 1 aliphatic heterocycles. The van der Waals surface area contributed by atoms with Gasteiger partial charge in [-0.15, -0.1) is 0 Å². The number of pyridine rings is 1. The van der Waals surface area contributed by atoms with Crippen LogP contribution >= 0.6 is 0 Å². The monoisotopic (exact) mass is 336 g/mol. The number of para-hydroxylation sites is 1. The van der Waals surface area contributed by atoms with Gasteiger partial charge in [0.15, 0.2) is 0 Å². The molecule has 2 aromatic heterocycles. The molecule has 5 heteroatoms. The lowest BCUT2D eigenvalue weighted by Crippen LogP contribution is -2.35. The van der Waals surface area contributed by atoms with E-state index in [0.29, 0.717) is 0 Å². The maximum absolute atomic E-state index is 5.44. The number of rotatable bonds is 5. The van der Waals surface area contributed by atoms with Crippen molar-refractivity contribution in [3.05, 3.63) is 65.6 Å². The second-order valence-electron chi connectivity index (χ2n) is 6.53. The first kappa shape index (κ1) is 16.1. The maximum atomic E-state index is 5.44. The fraction of sp³-hybridized carbons (Fsp3) is 0.350. The summed E-state index contributed by atoms with van der Waals surface area (Å²) in [5.74, 6) is 0. The third-order valence-electron chi connectivity index (χ3n) is 4.72. The van der Waals surface area contributed by atoms with Crippen molar-refractivity contribution >= 4 is 11.3 Å². The zero-order valence-electron chi connectivity index (χ0n) is 14.6. The number of ether oxygens (including phenoxy) is 1. The van der Waals surface area contributed by atoms with E-state index < -0.39 is 0 Å². The third-order valence-corrected chi connectivity index (χ3v) is 4.72. The summed E-state index contributed by atoms with van der Waals surface area (Å²) in [7, 11) is 0. The van der Waals surface area contributed by atoms with Gasteiger partial charge in [0.1, 0.15) is 5.65 Å². The summed E-state index contributed by atoms with van der Waals surface area (Å²) in [6.45, 7) is 7.44. The molecule has 0 unspecified atom stereocenters. The van der Waals surface area contributed by atoms with Crippen LogP contribution in [-0.2, 0) is 17.8 Å². The van der Waals surface area contributed by atoms with Crippen LogP contribution in [0, 0.1) is 6.92 Å². The van der Waals surface area contributed by atoms with E-state index >= 15 is 0 Å². The van der Waals surface area contributed by atoms with E-state index in [2.05, 4.69) is 58.1 Å². The molecule has 130 valence electrons. The highest BCUT2D eigenvalue weighted by molar-refractivity contribution is 5.51. The van der Waals surface area contributed by atoms with Gasteiger partial charge >= 0.3 is 0 Å². The Balaban J connectivity index is 1.47. The van der Waals surface area contributed by atoms with E-state index in [1.807, 2.05) is 12.1 Å². The number of morpholine rings is 1. The van der Waals surface area contributed by atoms with Crippen molar-refractivity contribution in [2.45, 2.75) is 20.0 Å². The van der Waals surface area contributed by atoms with E-state index in [0.717, 1.165) is 50.7 Å². The van der Waals surface area contributed by atoms with Gasteiger partial charge in [0.25, 0.3) is 0 Å². The Bertz CT molecular complexity index is 852. The van der Waals surface area contributed by atoms with Gasteiger partial charge in [-0.05, 0) is 30.7 Å². The molecule has 4 rings (SSSR count). The predicted molar refractivity (Wildman–Crippen MR) is 99.8 cm³/mol. The van der Waals surface area contributed by atoms with Crippen LogP contribution in [0.4, 0.5) is 5.69 Å². The fourth-order valence-electron chi connectivity index (χ4n) is 3.30.